The molecule has 23 heavy (non-hydrogen) atoms. The number of H-pyrrole nitrogens is 1. The maximum Gasteiger partial charge on any atom is 0.255 e. The van der Waals surface area contributed by atoms with Crippen molar-refractivity contribution in [2.75, 3.05) is 5.32 Å². The first-order valence-electron chi connectivity index (χ1n) is 7.83. The Labute approximate surface area is 133 Å². The molecule has 0 bridgehead atoms. The summed E-state index contributed by atoms with van der Waals surface area (Å²) in [6.07, 6.45) is 3.79. The second-order valence-electron chi connectivity index (χ2n) is 5.82. The quantitative estimate of drug-likeness (QED) is 0.760. The Hall–Kier alpha value is -2.76. The lowest BCUT2D eigenvalue weighted by atomic mass is 9.97. The fraction of sp³-hybridized carbons (Fsp3) is 0.294. The van der Waals surface area contributed by atoms with Crippen LogP contribution in [0, 0.1) is 6.92 Å². The minimum Gasteiger partial charge on any atom is -0.294 e. The molecule has 0 amide bonds. The predicted octanol–water partition coefficient (Wildman–Crippen LogP) is 2.64. The van der Waals surface area contributed by atoms with Gasteiger partial charge in [-0.05, 0) is 38.7 Å². The van der Waals surface area contributed by atoms with Crippen molar-refractivity contribution in [1.82, 2.24) is 19.9 Å². The van der Waals surface area contributed by atoms with Crippen LogP contribution >= 0.6 is 0 Å². The van der Waals surface area contributed by atoms with Gasteiger partial charge in [0.1, 0.15) is 0 Å². The van der Waals surface area contributed by atoms with Crippen LogP contribution in [0.5, 0.6) is 0 Å². The molecule has 1 aromatic carbocycles. The summed E-state index contributed by atoms with van der Waals surface area (Å²) in [6.45, 7) is 1.94. The van der Waals surface area contributed by atoms with Gasteiger partial charge in [-0.25, -0.2) is 15.0 Å². The van der Waals surface area contributed by atoms with Crippen LogP contribution in [-0.2, 0) is 12.8 Å². The lowest BCUT2D eigenvalue weighted by Crippen LogP contribution is -2.22. The smallest absolute Gasteiger partial charge is 0.255 e. The van der Waals surface area contributed by atoms with Crippen LogP contribution in [0.3, 0.4) is 0 Å². The highest BCUT2D eigenvalue weighted by Crippen LogP contribution is 2.20. The van der Waals surface area contributed by atoms with E-state index in [0.29, 0.717) is 11.9 Å². The van der Waals surface area contributed by atoms with Crippen molar-refractivity contribution in [3.05, 3.63) is 51.6 Å². The number of nitrogens with zero attached hydrogens (tertiary/aromatic N) is 3. The number of hydrogen-bond donors (Lipinski definition) is 2. The number of hydrogen-bond acceptors (Lipinski definition) is 5. The molecule has 4 rings (SSSR count). The van der Waals surface area contributed by atoms with Crippen LogP contribution in [0.1, 0.15) is 29.8 Å². The fourth-order valence-corrected chi connectivity index (χ4v) is 3.06. The number of anilines is 2. The topological polar surface area (TPSA) is 83.6 Å². The molecule has 2 heterocycles. The van der Waals surface area contributed by atoms with Gasteiger partial charge in [-0.15, -0.1) is 0 Å². The van der Waals surface area contributed by atoms with Crippen molar-refractivity contribution < 1.29 is 0 Å². The van der Waals surface area contributed by atoms with E-state index in [9.17, 15) is 4.79 Å². The van der Waals surface area contributed by atoms with E-state index in [-0.39, 0.29) is 5.56 Å². The second kappa shape index (κ2) is 5.46. The average molecular weight is 307 g/mol. The summed E-state index contributed by atoms with van der Waals surface area (Å²) in [5.74, 6) is 0.852. The van der Waals surface area contributed by atoms with Gasteiger partial charge in [0.05, 0.1) is 16.9 Å². The van der Waals surface area contributed by atoms with Gasteiger partial charge in [0, 0.05) is 10.9 Å². The molecule has 0 unspecified atom stereocenters. The first-order valence-corrected chi connectivity index (χ1v) is 7.83. The molecule has 0 spiro atoms. The molecule has 0 saturated carbocycles. The molecule has 0 fully saturated rings. The molecule has 2 aromatic heterocycles. The van der Waals surface area contributed by atoms with Crippen LogP contribution < -0.4 is 10.9 Å². The summed E-state index contributed by atoms with van der Waals surface area (Å²) in [4.78, 5) is 28.4. The molecule has 2 N–H and O–H groups in total. The Morgan fingerprint density at radius 2 is 1.91 bits per heavy atom. The Balaban J connectivity index is 1.73. The summed E-state index contributed by atoms with van der Waals surface area (Å²) in [6, 6.07) is 7.84. The monoisotopic (exact) mass is 307 g/mol. The third-order valence-electron chi connectivity index (χ3n) is 4.22. The van der Waals surface area contributed by atoms with E-state index in [4.69, 9.17) is 0 Å². The lowest BCUT2D eigenvalue weighted by molar-refractivity contribution is 0.657. The van der Waals surface area contributed by atoms with Crippen molar-refractivity contribution in [2.45, 2.75) is 32.6 Å². The van der Waals surface area contributed by atoms with Gasteiger partial charge in [-0.2, -0.15) is 0 Å². The van der Waals surface area contributed by atoms with Gasteiger partial charge in [-0.1, -0.05) is 18.2 Å². The Morgan fingerprint density at radius 1 is 1.09 bits per heavy atom. The molecule has 0 saturated heterocycles. The van der Waals surface area contributed by atoms with E-state index in [1.165, 1.54) is 0 Å². The Kier molecular flexibility index (Phi) is 3.29. The van der Waals surface area contributed by atoms with Crippen LogP contribution in [-0.4, -0.2) is 19.9 Å². The SMILES string of the molecule is Cc1nc(Nc2nc3c(c(=O)[nH]2)CCCC3)nc2ccccc12. The average Bonchev–Trinajstić information content (AvgIpc) is 2.55. The van der Waals surface area contributed by atoms with Gasteiger partial charge in [0.15, 0.2) is 0 Å². The second-order valence-corrected chi connectivity index (χ2v) is 5.82. The highest BCUT2D eigenvalue weighted by atomic mass is 16.1. The Bertz CT molecular complexity index is 947. The van der Waals surface area contributed by atoms with Gasteiger partial charge >= 0.3 is 0 Å². The summed E-state index contributed by atoms with van der Waals surface area (Å²) in [5.41, 5.74) is 3.40. The van der Waals surface area contributed by atoms with Crippen molar-refractivity contribution in [2.24, 2.45) is 0 Å². The van der Waals surface area contributed by atoms with Crippen LogP contribution in [0.2, 0.25) is 0 Å². The van der Waals surface area contributed by atoms with E-state index in [2.05, 4.69) is 25.3 Å². The number of fused-ring (bicyclic) bond motifs is 2. The lowest BCUT2D eigenvalue weighted by Gasteiger charge is -2.15. The molecular formula is C17H17N5O. The molecule has 1 aliphatic carbocycles. The van der Waals surface area contributed by atoms with E-state index in [1.54, 1.807) is 0 Å². The highest BCUT2D eigenvalue weighted by molar-refractivity contribution is 5.81. The van der Waals surface area contributed by atoms with Crippen molar-refractivity contribution in [1.29, 1.82) is 0 Å². The number of benzene rings is 1. The molecule has 6 heteroatoms. The first-order chi connectivity index (χ1) is 11.2. The van der Waals surface area contributed by atoms with Crippen molar-refractivity contribution in [3.8, 4) is 0 Å². The van der Waals surface area contributed by atoms with Gasteiger partial charge < -0.3 is 0 Å². The number of aryl methyl sites for hydroxylation is 2. The maximum atomic E-state index is 12.2. The molecule has 3 aromatic rings. The van der Waals surface area contributed by atoms with E-state index < -0.39 is 0 Å². The molecular weight excluding hydrogens is 290 g/mol. The van der Waals surface area contributed by atoms with Crippen molar-refractivity contribution in [3.63, 3.8) is 0 Å². The third kappa shape index (κ3) is 2.56. The number of aromatic nitrogens is 4. The summed E-state index contributed by atoms with van der Waals surface area (Å²) in [7, 11) is 0. The predicted molar refractivity (Wildman–Crippen MR) is 89.1 cm³/mol. The largest absolute Gasteiger partial charge is 0.294 e. The Morgan fingerprint density at radius 3 is 2.83 bits per heavy atom. The normalized spacial score (nSPS) is 13.8. The van der Waals surface area contributed by atoms with Gasteiger partial charge in [0.2, 0.25) is 11.9 Å². The molecule has 116 valence electrons. The minimum atomic E-state index is -0.0605. The molecule has 6 nitrogen and oxygen atoms in total. The van der Waals surface area contributed by atoms with E-state index in [0.717, 1.165) is 53.5 Å². The third-order valence-corrected chi connectivity index (χ3v) is 4.22. The zero-order chi connectivity index (χ0) is 15.8. The molecule has 0 radical (unpaired) electrons. The molecule has 1 aliphatic rings. The number of para-hydroxylation sites is 1. The number of nitrogens with one attached hydrogen (secondary N) is 2. The van der Waals surface area contributed by atoms with Crippen LogP contribution in [0.25, 0.3) is 10.9 Å². The summed E-state index contributed by atoms with van der Waals surface area (Å²) in [5, 5.41) is 4.06. The maximum absolute atomic E-state index is 12.2. The summed E-state index contributed by atoms with van der Waals surface area (Å²) >= 11 is 0. The number of aromatic amines is 1. The molecule has 0 aliphatic heterocycles. The van der Waals surface area contributed by atoms with Crippen LogP contribution in [0.4, 0.5) is 11.9 Å². The highest BCUT2D eigenvalue weighted by Gasteiger charge is 2.16. The zero-order valence-electron chi connectivity index (χ0n) is 12.9. The van der Waals surface area contributed by atoms with E-state index in [1.807, 2.05) is 31.2 Å². The standard InChI is InChI=1S/C17H17N5O/c1-10-11-6-2-4-8-13(11)19-16(18-10)22-17-20-14-9-5-3-7-12(14)15(23)21-17/h2,4,6,8H,3,5,7,9H2,1H3,(H2,18,19,20,21,22,23). The summed E-state index contributed by atoms with van der Waals surface area (Å²) < 4.78 is 0. The minimum absolute atomic E-state index is 0.0605. The number of rotatable bonds is 2. The van der Waals surface area contributed by atoms with E-state index >= 15 is 0 Å². The fourth-order valence-electron chi connectivity index (χ4n) is 3.06. The van der Waals surface area contributed by atoms with Crippen LogP contribution in [0.15, 0.2) is 29.1 Å². The van der Waals surface area contributed by atoms with Crippen molar-refractivity contribution >= 4 is 22.8 Å². The van der Waals surface area contributed by atoms with Gasteiger partial charge in [0.25, 0.3) is 5.56 Å². The zero-order valence-corrected chi connectivity index (χ0v) is 12.9. The first kappa shape index (κ1) is 13.9. The van der Waals surface area contributed by atoms with Gasteiger partial charge in [-0.3, -0.25) is 15.1 Å². The molecule has 0 atom stereocenters.